The van der Waals surface area contributed by atoms with Crippen LogP contribution < -0.4 is 0 Å². The number of carboxylic acids is 1. The van der Waals surface area contributed by atoms with E-state index < -0.39 is 11.5 Å². The van der Waals surface area contributed by atoms with E-state index in [4.69, 9.17) is 0 Å². The van der Waals surface area contributed by atoms with Gasteiger partial charge in [0.2, 0.25) is 0 Å². The zero-order valence-corrected chi connectivity index (χ0v) is 8.12. The summed E-state index contributed by atoms with van der Waals surface area (Å²) >= 11 is 0. The van der Waals surface area contributed by atoms with E-state index in [0.717, 1.165) is 38.6 Å². The maximum absolute atomic E-state index is 11.2. The zero-order valence-electron chi connectivity index (χ0n) is 8.12. The predicted molar refractivity (Wildman–Crippen MR) is 49.6 cm³/mol. The number of aliphatic carboxylic acids is 1. The SMILES string of the molecule is CC1CCCN1C1(C(=O)O)CCC1. The van der Waals surface area contributed by atoms with Crippen molar-refractivity contribution in [2.24, 2.45) is 0 Å². The van der Waals surface area contributed by atoms with Crippen molar-refractivity contribution in [3.05, 3.63) is 0 Å². The molecule has 1 aliphatic heterocycles. The highest BCUT2D eigenvalue weighted by atomic mass is 16.4. The molecule has 1 aliphatic carbocycles. The Morgan fingerprint density at radius 1 is 1.46 bits per heavy atom. The van der Waals surface area contributed by atoms with Gasteiger partial charge >= 0.3 is 5.97 Å². The van der Waals surface area contributed by atoms with Gasteiger partial charge < -0.3 is 5.11 Å². The number of hydrogen-bond acceptors (Lipinski definition) is 2. The lowest BCUT2D eigenvalue weighted by Crippen LogP contribution is -2.60. The molecule has 74 valence electrons. The van der Waals surface area contributed by atoms with Crippen LogP contribution in [0.2, 0.25) is 0 Å². The lowest BCUT2D eigenvalue weighted by Gasteiger charge is -2.47. The molecule has 0 aromatic heterocycles. The Labute approximate surface area is 78.7 Å². The smallest absolute Gasteiger partial charge is 0.324 e. The topological polar surface area (TPSA) is 40.5 Å². The molecule has 1 N–H and O–H groups in total. The van der Waals surface area contributed by atoms with E-state index in [2.05, 4.69) is 11.8 Å². The first-order valence-corrected chi connectivity index (χ1v) is 5.17. The molecule has 2 rings (SSSR count). The van der Waals surface area contributed by atoms with Crippen molar-refractivity contribution in [2.75, 3.05) is 6.54 Å². The Morgan fingerprint density at radius 3 is 2.46 bits per heavy atom. The first kappa shape index (κ1) is 9.00. The number of likely N-dealkylation sites (tertiary alicyclic amines) is 1. The molecule has 0 spiro atoms. The Morgan fingerprint density at radius 2 is 2.15 bits per heavy atom. The third-order valence-corrected chi connectivity index (χ3v) is 3.68. The van der Waals surface area contributed by atoms with Crippen LogP contribution in [0.3, 0.4) is 0 Å². The molecule has 0 radical (unpaired) electrons. The maximum Gasteiger partial charge on any atom is 0.324 e. The standard InChI is InChI=1S/C10H17NO2/c1-8-4-2-7-11(8)10(9(12)13)5-3-6-10/h8H,2-7H2,1H3,(H,12,13). The van der Waals surface area contributed by atoms with Crippen LogP contribution in [0.25, 0.3) is 0 Å². The number of rotatable bonds is 2. The predicted octanol–water partition coefficient (Wildman–Crippen LogP) is 1.48. The summed E-state index contributed by atoms with van der Waals surface area (Å²) in [6.07, 6.45) is 5.11. The molecule has 3 heteroatoms. The van der Waals surface area contributed by atoms with E-state index in [1.54, 1.807) is 0 Å². The highest BCUT2D eigenvalue weighted by molar-refractivity contribution is 5.80. The average molecular weight is 183 g/mol. The monoisotopic (exact) mass is 183 g/mol. The average Bonchev–Trinajstić information content (AvgIpc) is 2.34. The van der Waals surface area contributed by atoms with Crippen LogP contribution in [0, 0.1) is 0 Å². The van der Waals surface area contributed by atoms with Crippen LogP contribution in [-0.4, -0.2) is 34.1 Å². The Kier molecular flexibility index (Phi) is 2.06. The molecule has 1 heterocycles. The van der Waals surface area contributed by atoms with Crippen LogP contribution >= 0.6 is 0 Å². The minimum atomic E-state index is -0.604. The Hall–Kier alpha value is -0.570. The molecule has 0 aromatic rings. The molecule has 1 unspecified atom stereocenters. The van der Waals surface area contributed by atoms with Crippen molar-refractivity contribution in [1.29, 1.82) is 0 Å². The highest BCUT2D eigenvalue weighted by Gasteiger charge is 2.51. The summed E-state index contributed by atoms with van der Waals surface area (Å²) in [6, 6.07) is 0.469. The van der Waals surface area contributed by atoms with E-state index in [1.807, 2.05) is 0 Å². The summed E-state index contributed by atoms with van der Waals surface area (Å²) in [7, 11) is 0. The van der Waals surface area contributed by atoms with E-state index in [9.17, 15) is 9.90 Å². The van der Waals surface area contributed by atoms with Crippen molar-refractivity contribution >= 4 is 5.97 Å². The quantitative estimate of drug-likeness (QED) is 0.705. The van der Waals surface area contributed by atoms with Gasteiger partial charge in [-0.3, -0.25) is 9.69 Å². The molecule has 1 saturated carbocycles. The summed E-state index contributed by atoms with van der Waals surface area (Å²) in [5.74, 6) is -0.604. The molecular formula is C10H17NO2. The van der Waals surface area contributed by atoms with Crippen molar-refractivity contribution in [3.63, 3.8) is 0 Å². The first-order chi connectivity index (χ1) is 6.17. The summed E-state index contributed by atoms with van der Waals surface area (Å²) in [5, 5.41) is 9.22. The van der Waals surface area contributed by atoms with Crippen molar-refractivity contribution in [1.82, 2.24) is 4.90 Å². The third-order valence-electron chi connectivity index (χ3n) is 3.68. The largest absolute Gasteiger partial charge is 0.480 e. The second-order valence-electron chi connectivity index (χ2n) is 4.37. The lowest BCUT2D eigenvalue weighted by molar-refractivity contribution is -0.159. The molecular weight excluding hydrogens is 166 g/mol. The van der Waals surface area contributed by atoms with Crippen molar-refractivity contribution < 1.29 is 9.90 Å². The van der Waals surface area contributed by atoms with Gasteiger partial charge in [0.25, 0.3) is 0 Å². The Bertz CT molecular complexity index is 223. The van der Waals surface area contributed by atoms with Crippen LogP contribution in [0.4, 0.5) is 0 Å². The summed E-state index contributed by atoms with van der Waals surface area (Å²) in [6.45, 7) is 3.13. The molecule has 2 fully saturated rings. The van der Waals surface area contributed by atoms with Crippen molar-refractivity contribution in [2.45, 2.75) is 50.6 Å². The van der Waals surface area contributed by atoms with Gasteiger partial charge in [-0.1, -0.05) is 0 Å². The van der Waals surface area contributed by atoms with E-state index in [1.165, 1.54) is 0 Å². The van der Waals surface area contributed by atoms with Gasteiger partial charge in [-0.2, -0.15) is 0 Å². The van der Waals surface area contributed by atoms with Crippen molar-refractivity contribution in [3.8, 4) is 0 Å². The van der Waals surface area contributed by atoms with Gasteiger partial charge in [0, 0.05) is 6.04 Å². The van der Waals surface area contributed by atoms with Gasteiger partial charge in [0.15, 0.2) is 0 Å². The highest BCUT2D eigenvalue weighted by Crippen LogP contribution is 2.41. The lowest BCUT2D eigenvalue weighted by atomic mass is 9.75. The molecule has 3 nitrogen and oxygen atoms in total. The molecule has 1 saturated heterocycles. The number of carbonyl (C=O) groups is 1. The maximum atomic E-state index is 11.2. The van der Waals surface area contributed by atoms with Gasteiger partial charge in [-0.05, 0) is 45.6 Å². The molecule has 1 atom stereocenters. The van der Waals surface area contributed by atoms with Crippen LogP contribution in [0.5, 0.6) is 0 Å². The fourth-order valence-corrected chi connectivity index (χ4v) is 2.70. The minimum absolute atomic E-state index is 0.469. The van der Waals surface area contributed by atoms with E-state index in [0.29, 0.717) is 6.04 Å². The summed E-state index contributed by atoms with van der Waals surface area (Å²) in [4.78, 5) is 13.4. The number of carboxylic acid groups (broad SMARTS) is 1. The summed E-state index contributed by atoms with van der Waals surface area (Å²) < 4.78 is 0. The van der Waals surface area contributed by atoms with Gasteiger partial charge in [-0.15, -0.1) is 0 Å². The second kappa shape index (κ2) is 2.98. The third kappa shape index (κ3) is 1.17. The summed E-state index contributed by atoms with van der Waals surface area (Å²) in [5.41, 5.74) is -0.476. The Balaban J connectivity index is 2.16. The van der Waals surface area contributed by atoms with Crippen LogP contribution in [0.15, 0.2) is 0 Å². The molecule has 0 bridgehead atoms. The van der Waals surface area contributed by atoms with Gasteiger partial charge in [0.1, 0.15) is 5.54 Å². The van der Waals surface area contributed by atoms with E-state index in [-0.39, 0.29) is 0 Å². The van der Waals surface area contributed by atoms with E-state index >= 15 is 0 Å². The normalized spacial score (nSPS) is 32.8. The molecule has 13 heavy (non-hydrogen) atoms. The van der Waals surface area contributed by atoms with Crippen LogP contribution in [0.1, 0.15) is 39.0 Å². The minimum Gasteiger partial charge on any atom is -0.480 e. The molecule has 0 aromatic carbocycles. The van der Waals surface area contributed by atoms with Gasteiger partial charge in [-0.25, -0.2) is 0 Å². The fraction of sp³-hybridized carbons (Fsp3) is 0.900. The number of nitrogens with zero attached hydrogens (tertiary/aromatic N) is 1. The second-order valence-corrected chi connectivity index (χ2v) is 4.37. The van der Waals surface area contributed by atoms with Gasteiger partial charge in [0.05, 0.1) is 0 Å². The zero-order chi connectivity index (χ0) is 9.47. The molecule has 2 aliphatic rings. The first-order valence-electron chi connectivity index (χ1n) is 5.17. The van der Waals surface area contributed by atoms with Crippen LogP contribution in [-0.2, 0) is 4.79 Å². The number of hydrogen-bond donors (Lipinski definition) is 1. The molecule has 0 amide bonds. The fourth-order valence-electron chi connectivity index (χ4n) is 2.70.